The summed E-state index contributed by atoms with van der Waals surface area (Å²) in [7, 11) is 0. The van der Waals surface area contributed by atoms with E-state index in [4.69, 9.17) is 10.3 Å². The summed E-state index contributed by atoms with van der Waals surface area (Å²) in [5.74, 6) is -0.207. The fourth-order valence-electron chi connectivity index (χ4n) is 2.87. The average molecular weight is 382 g/mol. The van der Waals surface area contributed by atoms with Crippen molar-refractivity contribution in [3.63, 3.8) is 0 Å². The van der Waals surface area contributed by atoms with Crippen molar-refractivity contribution in [2.45, 2.75) is 26.3 Å². The van der Waals surface area contributed by atoms with Crippen LogP contribution in [0.4, 0.5) is 15.4 Å². The third kappa shape index (κ3) is 3.26. The highest BCUT2D eigenvalue weighted by Gasteiger charge is 2.20. The fourth-order valence-corrected chi connectivity index (χ4v) is 3.89. The number of halogens is 1. The molecule has 0 bridgehead atoms. The number of nitrogen functional groups attached to an aromatic ring is 1. The summed E-state index contributed by atoms with van der Waals surface area (Å²) in [5.41, 5.74) is 9.08. The van der Waals surface area contributed by atoms with E-state index < -0.39 is 0 Å². The molecule has 138 valence electrons. The van der Waals surface area contributed by atoms with Crippen molar-refractivity contribution in [2.24, 2.45) is 0 Å². The highest BCUT2D eigenvalue weighted by Crippen LogP contribution is 2.39. The Balaban J connectivity index is 1.79. The summed E-state index contributed by atoms with van der Waals surface area (Å²) in [6, 6.07) is 12.6. The van der Waals surface area contributed by atoms with Gasteiger partial charge in [0.2, 0.25) is 5.88 Å². The van der Waals surface area contributed by atoms with Crippen LogP contribution >= 0.6 is 11.3 Å². The normalized spacial score (nSPS) is 12.4. The maximum absolute atomic E-state index is 14.3. The van der Waals surface area contributed by atoms with Crippen LogP contribution in [-0.2, 0) is 0 Å². The van der Waals surface area contributed by atoms with Gasteiger partial charge < -0.3 is 15.6 Å². The Labute approximate surface area is 160 Å². The highest BCUT2D eigenvalue weighted by atomic mass is 32.1. The molecule has 5 nitrogen and oxygen atoms in total. The number of nitrogens with two attached hydrogens (primary N) is 1. The van der Waals surface area contributed by atoms with Gasteiger partial charge in [-0.25, -0.2) is 9.37 Å². The van der Waals surface area contributed by atoms with Crippen molar-refractivity contribution in [3.05, 3.63) is 48.3 Å². The van der Waals surface area contributed by atoms with Crippen LogP contribution in [0.2, 0.25) is 0 Å². The lowest BCUT2D eigenvalue weighted by Crippen LogP contribution is -2.12. The Morgan fingerprint density at radius 3 is 2.85 bits per heavy atom. The summed E-state index contributed by atoms with van der Waals surface area (Å²) in [5, 5.41) is 8.27. The molecular weight excluding hydrogens is 363 g/mol. The topological polar surface area (TPSA) is 77.0 Å². The van der Waals surface area contributed by atoms with Gasteiger partial charge in [0, 0.05) is 11.6 Å². The van der Waals surface area contributed by atoms with E-state index in [-0.39, 0.29) is 11.7 Å². The molecule has 4 rings (SSSR count). The van der Waals surface area contributed by atoms with Crippen molar-refractivity contribution < 1.29 is 8.91 Å². The number of aromatic nitrogens is 2. The second-order valence-corrected chi connectivity index (χ2v) is 7.44. The van der Waals surface area contributed by atoms with E-state index in [1.807, 2.05) is 18.2 Å². The van der Waals surface area contributed by atoms with E-state index in [9.17, 15) is 4.39 Å². The van der Waals surface area contributed by atoms with Crippen LogP contribution in [0.25, 0.3) is 32.6 Å². The number of hydrogen-bond acceptors (Lipinski definition) is 6. The number of thiazole rings is 1. The quantitative estimate of drug-likeness (QED) is 0.473. The molecule has 1 unspecified atom stereocenters. The van der Waals surface area contributed by atoms with Crippen LogP contribution in [0.15, 0.2) is 47.0 Å². The smallest absolute Gasteiger partial charge is 0.230 e. The van der Waals surface area contributed by atoms with E-state index in [0.29, 0.717) is 22.9 Å². The molecule has 0 amide bonds. The van der Waals surface area contributed by atoms with E-state index in [2.05, 4.69) is 29.3 Å². The second kappa shape index (κ2) is 7.00. The van der Waals surface area contributed by atoms with Crippen LogP contribution in [0, 0.1) is 5.82 Å². The maximum atomic E-state index is 14.3. The Kier molecular flexibility index (Phi) is 4.53. The van der Waals surface area contributed by atoms with Crippen molar-refractivity contribution in [2.75, 3.05) is 11.1 Å². The molecule has 27 heavy (non-hydrogen) atoms. The lowest BCUT2D eigenvalue weighted by Gasteiger charge is -2.08. The van der Waals surface area contributed by atoms with E-state index in [0.717, 1.165) is 27.3 Å². The van der Waals surface area contributed by atoms with Gasteiger partial charge in [-0.15, -0.1) is 0 Å². The third-order valence-electron chi connectivity index (χ3n) is 4.51. The molecule has 0 radical (unpaired) electrons. The molecule has 3 N–H and O–H groups in total. The molecule has 0 fully saturated rings. The molecule has 2 heterocycles. The van der Waals surface area contributed by atoms with Crippen LogP contribution in [0.3, 0.4) is 0 Å². The van der Waals surface area contributed by atoms with Crippen LogP contribution in [0.1, 0.15) is 20.3 Å². The number of anilines is 2. The lowest BCUT2D eigenvalue weighted by atomic mass is 10.0. The van der Waals surface area contributed by atoms with Gasteiger partial charge in [-0.2, -0.15) is 0 Å². The third-order valence-corrected chi connectivity index (χ3v) is 5.46. The Morgan fingerprint density at radius 1 is 1.26 bits per heavy atom. The van der Waals surface area contributed by atoms with Crippen LogP contribution < -0.4 is 11.1 Å². The molecule has 1 atom stereocenters. The minimum absolute atomic E-state index is 0.162. The zero-order valence-corrected chi connectivity index (χ0v) is 15.8. The molecule has 0 aliphatic heterocycles. The lowest BCUT2D eigenvalue weighted by molar-refractivity contribution is 0.439. The number of benzene rings is 2. The van der Waals surface area contributed by atoms with Gasteiger partial charge in [-0.3, -0.25) is 0 Å². The summed E-state index contributed by atoms with van der Waals surface area (Å²) >= 11 is 1.57. The first-order chi connectivity index (χ1) is 13.1. The predicted octanol–water partition coefficient (Wildman–Crippen LogP) is 5.55. The van der Waals surface area contributed by atoms with Crippen molar-refractivity contribution in [1.82, 2.24) is 10.1 Å². The minimum Gasteiger partial charge on any atom is -0.367 e. The zero-order valence-electron chi connectivity index (χ0n) is 15.0. The molecule has 0 saturated heterocycles. The van der Waals surface area contributed by atoms with Crippen LogP contribution in [-0.4, -0.2) is 16.2 Å². The van der Waals surface area contributed by atoms with Crippen LogP contribution in [0.5, 0.6) is 0 Å². The van der Waals surface area contributed by atoms with E-state index in [1.165, 1.54) is 6.07 Å². The van der Waals surface area contributed by atoms with Gasteiger partial charge in [0.1, 0.15) is 11.5 Å². The average Bonchev–Trinajstić information content (AvgIpc) is 3.24. The van der Waals surface area contributed by atoms with Crippen molar-refractivity contribution in [1.29, 1.82) is 0 Å². The van der Waals surface area contributed by atoms with E-state index >= 15 is 0 Å². The second-order valence-electron chi connectivity index (χ2n) is 6.41. The highest BCUT2D eigenvalue weighted by molar-refractivity contribution is 7.22. The first-order valence-electron chi connectivity index (χ1n) is 8.74. The van der Waals surface area contributed by atoms with Gasteiger partial charge in [-0.05, 0) is 43.2 Å². The van der Waals surface area contributed by atoms with Gasteiger partial charge in [0.05, 0.1) is 15.8 Å². The Morgan fingerprint density at radius 2 is 2.07 bits per heavy atom. The standard InChI is InChI=1S/C20H19FN4OS/c1-3-11(2)23-20-24-15-9-8-12(10-16(15)27-20)17-18(25-26-19(17)22)13-6-4-5-7-14(13)21/h4-11H,3,22H2,1-2H3,(H,23,24). The summed E-state index contributed by atoms with van der Waals surface area (Å²) < 4.78 is 20.4. The number of nitrogens with zero attached hydrogens (tertiary/aromatic N) is 2. The fraction of sp³-hybridized carbons (Fsp3) is 0.200. The molecule has 7 heteroatoms. The molecular formula is C20H19FN4OS. The van der Waals surface area contributed by atoms with Gasteiger partial charge >= 0.3 is 0 Å². The Hall–Kier alpha value is -2.93. The molecule has 0 aliphatic rings. The number of rotatable bonds is 5. The molecule has 0 aliphatic carbocycles. The zero-order chi connectivity index (χ0) is 19.0. The summed E-state index contributed by atoms with van der Waals surface area (Å²) in [6.07, 6.45) is 1.02. The monoisotopic (exact) mass is 382 g/mol. The number of nitrogens with one attached hydrogen (secondary N) is 1. The number of hydrogen-bond donors (Lipinski definition) is 2. The van der Waals surface area contributed by atoms with E-state index in [1.54, 1.807) is 29.5 Å². The number of fused-ring (bicyclic) bond motifs is 1. The predicted molar refractivity (Wildman–Crippen MR) is 108 cm³/mol. The Bertz CT molecular complexity index is 1100. The first kappa shape index (κ1) is 17.5. The minimum atomic E-state index is -0.369. The van der Waals surface area contributed by atoms with Crippen molar-refractivity contribution in [3.8, 4) is 22.4 Å². The summed E-state index contributed by atoms with van der Waals surface area (Å²) in [4.78, 5) is 4.62. The van der Waals surface area contributed by atoms with Gasteiger partial charge in [0.25, 0.3) is 0 Å². The first-order valence-corrected chi connectivity index (χ1v) is 9.56. The molecule has 4 aromatic rings. The SMILES string of the molecule is CCC(C)Nc1nc2ccc(-c3c(-c4ccccc4F)noc3N)cc2s1. The van der Waals surface area contributed by atoms with Gasteiger partial charge in [-0.1, -0.05) is 41.6 Å². The molecule has 0 spiro atoms. The largest absolute Gasteiger partial charge is 0.367 e. The maximum Gasteiger partial charge on any atom is 0.230 e. The molecule has 0 saturated carbocycles. The van der Waals surface area contributed by atoms with Gasteiger partial charge in [0.15, 0.2) is 5.13 Å². The molecule has 2 aromatic carbocycles. The summed E-state index contributed by atoms with van der Waals surface area (Å²) in [6.45, 7) is 4.25. The molecule has 2 aromatic heterocycles. The van der Waals surface area contributed by atoms with Crippen molar-refractivity contribution >= 4 is 32.6 Å².